The fraction of sp³-hybridized carbons (Fsp3) is 0.238. The number of aromatic hydroxyl groups is 2. The zero-order valence-electron chi connectivity index (χ0n) is 15.4. The lowest BCUT2D eigenvalue weighted by Gasteiger charge is -2.33. The van der Waals surface area contributed by atoms with E-state index in [1.54, 1.807) is 24.3 Å². The molecule has 2 aromatic carbocycles. The zero-order valence-corrected chi connectivity index (χ0v) is 16.2. The van der Waals surface area contributed by atoms with Crippen LogP contribution >= 0.6 is 11.3 Å². The summed E-state index contributed by atoms with van der Waals surface area (Å²) in [5.41, 5.74) is 1.85. The molecule has 0 unspecified atom stereocenters. The minimum Gasteiger partial charge on any atom is -0.508 e. The van der Waals surface area contributed by atoms with E-state index in [-0.39, 0.29) is 23.3 Å². The van der Waals surface area contributed by atoms with Gasteiger partial charge in [-0.15, -0.1) is 11.3 Å². The summed E-state index contributed by atoms with van der Waals surface area (Å²) in [5, 5.41) is 24.6. The molecule has 27 heavy (non-hydrogen) atoms. The number of rotatable bonds is 5. The normalized spacial score (nSPS) is 11.6. The standard InChI is InChI=1S/C21H22N2O3S/c1-13-12-27-20(22-13)23-19(26)21(2,3)18(14-4-8-16(24)9-5-14)15-6-10-17(25)11-7-15/h4-12,18,24-25H,1-3H3,(H,22,23,26). The summed E-state index contributed by atoms with van der Waals surface area (Å²) in [6, 6.07) is 13.7. The number of carbonyl (C=O) groups excluding carboxylic acids is 1. The van der Waals surface area contributed by atoms with Crippen molar-refractivity contribution in [3.05, 3.63) is 70.7 Å². The first kappa shape index (κ1) is 18.9. The molecule has 0 bridgehead atoms. The third-order valence-electron chi connectivity index (χ3n) is 4.60. The third-order valence-corrected chi connectivity index (χ3v) is 5.47. The number of aryl methyl sites for hydroxylation is 1. The molecule has 0 fully saturated rings. The molecule has 5 nitrogen and oxygen atoms in total. The molecule has 3 aromatic rings. The van der Waals surface area contributed by atoms with Crippen molar-refractivity contribution in [2.24, 2.45) is 5.41 Å². The summed E-state index contributed by atoms with van der Waals surface area (Å²) in [5.74, 6) is -0.0878. The van der Waals surface area contributed by atoms with Gasteiger partial charge in [-0.2, -0.15) is 0 Å². The lowest BCUT2D eigenvalue weighted by atomic mass is 9.70. The topological polar surface area (TPSA) is 82.5 Å². The first-order valence-corrected chi connectivity index (χ1v) is 9.47. The summed E-state index contributed by atoms with van der Waals surface area (Å²) in [6.07, 6.45) is 0. The van der Waals surface area contributed by atoms with Crippen molar-refractivity contribution in [2.75, 3.05) is 5.32 Å². The maximum absolute atomic E-state index is 13.1. The Morgan fingerprint density at radius 2 is 1.48 bits per heavy atom. The van der Waals surface area contributed by atoms with E-state index in [0.717, 1.165) is 16.8 Å². The van der Waals surface area contributed by atoms with E-state index in [9.17, 15) is 15.0 Å². The Morgan fingerprint density at radius 3 is 1.89 bits per heavy atom. The SMILES string of the molecule is Cc1csc(NC(=O)C(C)(C)C(c2ccc(O)cc2)c2ccc(O)cc2)n1. The van der Waals surface area contributed by atoms with Gasteiger partial charge in [0.15, 0.2) is 5.13 Å². The average Bonchev–Trinajstić information content (AvgIpc) is 3.03. The fourth-order valence-corrected chi connectivity index (χ4v) is 3.84. The molecule has 0 spiro atoms. The van der Waals surface area contributed by atoms with Gasteiger partial charge in [-0.3, -0.25) is 4.79 Å². The quantitative estimate of drug-likeness (QED) is 0.599. The molecule has 0 saturated heterocycles. The fourth-order valence-electron chi connectivity index (χ4n) is 3.16. The van der Waals surface area contributed by atoms with Gasteiger partial charge in [-0.05, 0) is 42.3 Å². The van der Waals surface area contributed by atoms with Crippen LogP contribution in [-0.2, 0) is 4.79 Å². The van der Waals surface area contributed by atoms with Crippen LogP contribution in [0, 0.1) is 12.3 Å². The summed E-state index contributed by atoms with van der Waals surface area (Å²) in [7, 11) is 0. The van der Waals surface area contributed by atoms with Crippen molar-refractivity contribution in [3.8, 4) is 11.5 Å². The second-order valence-electron chi connectivity index (χ2n) is 7.09. The number of hydrogen-bond acceptors (Lipinski definition) is 5. The van der Waals surface area contributed by atoms with Crippen molar-refractivity contribution < 1.29 is 15.0 Å². The molecule has 1 heterocycles. The number of carbonyl (C=O) groups is 1. The molecule has 0 aliphatic rings. The number of hydrogen-bond donors (Lipinski definition) is 3. The second kappa shape index (κ2) is 7.40. The predicted molar refractivity (Wildman–Crippen MR) is 107 cm³/mol. The van der Waals surface area contributed by atoms with Crippen LogP contribution < -0.4 is 5.32 Å². The number of anilines is 1. The molecule has 0 atom stereocenters. The van der Waals surface area contributed by atoms with E-state index in [2.05, 4.69) is 10.3 Å². The Labute approximate surface area is 162 Å². The molecule has 0 saturated carbocycles. The largest absolute Gasteiger partial charge is 0.508 e. The predicted octanol–water partition coefficient (Wildman–Crippen LogP) is 4.66. The number of nitrogens with one attached hydrogen (secondary N) is 1. The molecule has 3 rings (SSSR count). The zero-order chi connectivity index (χ0) is 19.6. The van der Waals surface area contributed by atoms with Crippen LogP contribution in [-0.4, -0.2) is 21.1 Å². The summed E-state index contributed by atoms with van der Waals surface area (Å²) < 4.78 is 0. The molecule has 3 N–H and O–H groups in total. The highest BCUT2D eigenvalue weighted by Crippen LogP contribution is 2.42. The van der Waals surface area contributed by atoms with Crippen LogP contribution in [0.1, 0.15) is 36.6 Å². The van der Waals surface area contributed by atoms with Crippen molar-refractivity contribution in [3.63, 3.8) is 0 Å². The number of phenols is 2. The van der Waals surface area contributed by atoms with Gasteiger partial charge >= 0.3 is 0 Å². The van der Waals surface area contributed by atoms with Gasteiger partial charge in [0.2, 0.25) is 5.91 Å². The highest BCUT2D eigenvalue weighted by atomic mass is 32.1. The van der Waals surface area contributed by atoms with Crippen LogP contribution in [0.5, 0.6) is 11.5 Å². The Bertz CT molecular complexity index is 885. The number of amides is 1. The molecular weight excluding hydrogens is 360 g/mol. The van der Waals surface area contributed by atoms with Crippen molar-refractivity contribution in [1.82, 2.24) is 4.98 Å². The van der Waals surface area contributed by atoms with Crippen molar-refractivity contribution in [1.29, 1.82) is 0 Å². The van der Waals surface area contributed by atoms with Gasteiger partial charge in [0, 0.05) is 11.3 Å². The monoisotopic (exact) mass is 382 g/mol. The maximum Gasteiger partial charge on any atom is 0.232 e. The van der Waals surface area contributed by atoms with Crippen LogP contribution in [0.4, 0.5) is 5.13 Å². The Morgan fingerprint density at radius 1 is 1.00 bits per heavy atom. The molecule has 0 aliphatic heterocycles. The van der Waals surface area contributed by atoms with E-state index in [0.29, 0.717) is 5.13 Å². The average molecular weight is 382 g/mol. The lowest BCUT2D eigenvalue weighted by molar-refractivity contribution is -0.124. The maximum atomic E-state index is 13.1. The lowest BCUT2D eigenvalue weighted by Crippen LogP contribution is -2.37. The molecule has 0 radical (unpaired) electrons. The minimum absolute atomic E-state index is 0.150. The van der Waals surface area contributed by atoms with Gasteiger partial charge < -0.3 is 15.5 Å². The smallest absolute Gasteiger partial charge is 0.232 e. The number of thiazole rings is 1. The minimum atomic E-state index is -0.812. The van der Waals surface area contributed by atoms with Gasteiger partial charge in [-0.25, -0.2) is 4.98 Å². The van der Waals surface area contributed by atoms with E-state index >= 15 is 0 Å². The Hall–Kier alpha value is -2.86. The highest BCUT2D eigenvalue weighted by Gasteiger charge is 2.39. The van der Waals surface area contributed by atoms with Crippen LogP contribution in [0.25, 0.3) is 0 Å². The Balaban J connectivity index is 2.00. The number of aromatic nitrogens is 1. The summed E-state index contributed by atoms with van der Waals surface area (Å²) in [4.78, 5) is 17.4. The second-order valence-corrected chi connectivity index (χ2v) is 7.94. The van der Waals surface area contributed by atoms with Gasteiger partial charge in [0.05, 0.1) is 11.1 Å². The third kappa shape index (κ3) is 4.11. The highest BCUT2D eigenvalue weighted by molar-refractivity contribution is 7.13. The van der Waals surface area contributed by atoms with Gasteiger partial charge in [-0.1, -0.05) is 38.1 Å². The molecular formula is C21H22N2O3S. The van der Waals surface area contributed by atoms with E-state index < -0.39 is 5.41 Å². The van der Waals surface area contributed by atoms with E-state index in [1.165, 1.54) is 11.3 Å². The number of nitrogens with zero attached hydrogens (tertiary/aromatic N) is 1. The first-order valence-electron chi connectivity index (χ1n) is 8.59. The molecule has 140 valence electrons. The van der Waals surface area contributed by atoms with Gasteiger partial charge in [0.25, 0.3) is 0 Å². The van der Waals surface area contributed by atoms with Crippen molar-refractivity contribution >= 4 is 22.4 Å². The van der Waals surface area contributed by atoms with Crippen molar-refractivity contribution in [2.45, 2.75) is 26.7 Å². The van der Waals surface area contributed by atoms with Crippen LogP contribution in [0.3, 0.4) is 0 Å². The first-order chi connectivity index (χ1) is 12.8. The van der Waals surface area contributed by atoms with Gasteiger partial charge in [0.1, 0.15) is 11.5 Å². The van der Waals surface area contributed by atoms with E-state index in [1.807, 2.05) is 50.4 Å². The van der Waals surface area contributed by atoms with Crippen LogP contribution in [0.2, 0.25) is 0 Å². The van der Waals surface area contributed by atoms with E-state index in [4.69, 9.17) is 0 Å². The number of benzene rings is 2. The number of phenolic OH excluding ortho intramolecular Hbond substituents is 2. The summed E-state index contributed by atoms with van der Waals surface area (Å²) >= 11 is 1.39. The summed E-state index contributed by atoms with van der Waals surface area (Å²) in [6.45, 7) is 5.65. The molecule has 1 aromatic heterocycles. The molecule has 6 heteroatoms. The molecule has 1 amide bonds. The van der Waals surface area contributed by atoms with Crippen LogP contribution in [0.15, 0.2) is 53.9 Å². The molecule has 0 aliphatic carbocycles. The Kier molecular flexibility index (Phi) is 5.19.